The Bertz CT molecular complexity index is 979. The summed E-state index contributed by atoms with van der Waals surface area (Å²) >= 11 is 0. The largest absolute Gasteiger partial charge is 0.0622 e. The molecule has 0 atom stereocenters. The highest BCUT2D eigenvalue weighted by molar-refractivity contribution is 6.15. The van der Waals surface area contributed by atoms with Crippen LogP contribution in [0.5, 0.6) is 0 Å². The zero-order chi connectivity index (χ0) is 15.1. The van der Waals surface area contributed by atoms with Crippen molar-refractivity contribution in [2.45, 2.75) is 13.8 Å². The van der Waals surface area contributed by atoms with Crippen molar-refractivity contribution in [3.8, 4) is 11.1 Å². The van der Waals surface area contributed by atoms with Gasteiger partial charge >= 0.3 is 0 Å². The molecule has 0 fully saturated rings. The van der Waals surface area contributed by atoms with E-state index in [-0.39, 0.29) is 0 Å². The van der Waals surface area contributed by atoms with Crippen molar-refractivity contribution in [1.29, 1.82) is 0 Å². The smallest absolute Gasteiger partial charge is 0.00695 e. The maximum atomic E-state index is 2.33. The Morgan fingerprint density at radius 3 is 2.18 bits per heavy atom. The SMILES string of the molecule is Cc1cc(C)c2c(-c3ccccc3)cc3ccccc3c2c1. The maximum Gasteiger partial charge on any atom is -0.00695 e. The van der Waals surface area contributed by atoms with Gasteiger partial charge in [0.25, 0.3) is 0 Å². The van der Waals surface area contributed by atoms with Gasteiger partial charge in [0.1, 0.15) is 0 Å². The van der Waals surface area contributed by atoms with Crippen LogP contribution in [0.2, 0.25) is 0 Å². The van der Waals surface area contributed by atoms with Crippen molar-refractivity contribution in [3.63, 3.8) is 0 Å². The van der Waals surface area contributed by atoms with E-state index >= 15 is 0 Å². The van der Waals surface area contributed by atoms with Gasteiger partial charge in [0, 0.05) is 0 Å². The lowest BCUT2D eigenvalue weighted by atomic mass is 9.90. The van der Waals surface area contributed by atoms with Crippen molar-refractivity contribution < 1.29 is 0 Å². The summed E-state index contributed by atoms with van der Waals surface area (Å²) in [4.78, 5) is 0. The standard InChI is InChI=1S/C22H18/c1-15-12-16(2)22-20(17-8-4-3-5-9-17)14-18-10-6-7-11-19(18)21(22)13-15/h3-14H,1-2H3. The van der Waals surface area contributed by atoms with Crippen molar-refractivity contribution in [3.05, 3.63) is 83.9 Å². The second kappa shape index (κ2) is 4.99. The summed E-state index contributed by atoms with van der Waals surface area (Å²) < 4.78 is 0. The number of rotatable bonds is 1. The van der Waals surface area contributed by atoms with Gasteiger partial charge in [0.15, 0.2) is 0 Å². The van der Waals surface area contributed by atoms with E-state index in [1.54, 1.807) is 0 Å². The quantitative estimate of drug-likeness (QED) is 0.360. The molecule has 0 nitrogen and oxygen atoms in total. The summed E-state index contributed by atoms with van der Waals surface area (Å²) in [5.41, 5.74) is 5.27. The summed E-state index contributed by atoms with van der Waals surface area (Å²) in [6.07, 6.45) is 0. The zero-order valence-electron chi connectivity index (χ0n) is 12.9. The third kappa shape index (κ3) is 2.00. The highest BCUT2D eigenvalue weighted by Crippen LogP contribution is 2.37. The highest BCUT2D eigenvalue weighted by Gasteiger charge is 2.10. The number of benzene rings is 4. The van der Waals surface area contributed by atoms with E-state index in [1.165, 1.54) is 43.8 Å². The topological polar surface area (TPSA) is 0 Å². The van der Waals surface area contributed by atoms with Crippen LogP contribution < -0.4 is 0 Å². The molecule has 0 saturated heterocycles. The molecular formula is C22H18. The molecule has 0 N–H and O–H groups in total. The van der Waals surface area contributed by atoms with Gasteiger partial charge in [0.05, 0.1) is 0 Å². The van der Waals surface area contributed by atoms with Gasteiger partial charge in [-0.15, -0.1) is 0 Å². The number of hydrogen-bond acceptors (Lipinski definition) is 0. The normalized spacial score (nSPS) is 11.2. The van der Waals surface area contributed by atoms with E-state index in [4.69, 9.17) is 0 Å². The summed E-state index contributed by atoms with van der Waals surface area (Å²) in [6.45, 7) is 4.40. The molecule has 0 aliphatic carbocycles. The van der Waals surface area contributed by atoms with Crippen LogP contribution in [-0.2, 0) is 0 Å². The molecule has 0 unspecified atom stereocenters. The summed E-state index contributed by atoms with van der Waals surface area (Å²) in [5, 5.41) is 5.37. The maximum absolute atomic E-state index is 2.33. The minimum absolute atomic E-state index is 1.28. The van der Waals surface area contributed by atoms with E-state index in [0.717, 1.165) is 0 Å². The van der Waals surface area contributed by atoms with Gasteiger partial charge < -0.3 is 0 Å². The summed E-state index contributed by atoms with van der Waals surface area (Å²) in [6, 6.07) is 26.3. The first-order valence-corrected chi connectivity index (χ1v) is 7.72. The zero-order valence-corrected chi connectivity index (χ0v) is 12.9. The Kier molecular flexibility index (Phi) is 2.97. The molecular weight excluding hydrogens is 264 g/mol. The van der Waals surface area contributed by atoms with Crippen molar-refractivity contribution >= 4 is 21.5 Å². The van der Waals surface area contributed by atoms with E-state index < -0.39 is 0 Å². The first-order valence-electron chi connectivity index (χ1n) is 7.72. The van der Waals surface area contributed by atoms with E-state index in [1.807, 2.05) is 0 Å². The fraction of sp³-hybridized carbons (Fsp3) is 0.0909. The average Bonchev–Trinajstić information content (AvgIpc) is 2.54. The van der Waals surface area contributed by atoms with Gasteiger partial charge in [-0.05, 0) is 58.1 Å². The Morgan fingerprint density at radius 2 is 1.36 bits per heavy atom. The van der Waals surface area contributed by atoms with Crippen molar-refractivity contribution in [2.75, 3.05) is 0 Å². The average molecular weight is 282 g/mol. The number of aryl methyl sites for hydroxylation is 2. The predicted octanol–water partition coefficient (Wildman–Crippen LogP) is 6.28. The van der Waals surface area contributed by atoms with Crippen LogP contribution in [0, 0.1) is 13.8 Å². The van der Waals surface area contributed by atoms with Crippen LogP contribution in [0.3, 0.4) is 0 Å². The predicted molar refractivity (Wildman–Crippen MR) is 96.4 cm³/mol. The fourth-order valence-electron chi connectivity index (χ4n) is 3.48. The van der Waals surface area contributed by atoms with Gasteiger partial charge in [-0.3, -0.25) is 0 Å². The third-order valence-corrected chi connectivity index (χ3v) is 4.38. The molecule has 0 heterocycles. The Labute approximate surface area is 131 Å². The van der Waals surface area contributed by atoms with Crippen LogP contribution in [0.4, 0.5) is 0 Å². The molecule has 4 rings (SSSR count). The molecule has 0 aliphatic rings. The molecule has 0 bridgehead atoms. The molecule has 0 saturated carbocycles. The first kappa shape index (κ1) is 13.1. The second-order valence-electron chi connectivity index (χ2n) is 6.02. The van der Waals surface area contributed by atoms with Crippen LogP contribution >= 0.6 is 0 Å². The highest BCUT2D eigenvalue weighted by atomic mass is 14.1. The van der Waals surface area contributed by atoms with Crippen LogP contribution in [0.15, 0.2) is 72.8 Å². The van der Waals surface area contributed by atoms with Crippen LogP contribution in [0.25, 0.3) is 32.7 Å². The Balaban J connectivity index is 2.24. The summed E-state index contributed by atoms with van der Waals surface area (Å²) in [5.74, 6) is 0. The Hall–Kier alpha value is -2.60. The lowest BCUT2D eigenvalue weighted by molar-refractivity contribution is 1.43. The second-order valence-corrected chi connectivity index (χ2v) is 6.02. The van der Waals surface area contributed by atoms with Crippen LogP contribution in [0.1, 0.15) is 11.1 Å². The lowest BCUT2D eigenvalue weighted by Gasteiger charge is -2.14. The molecule has 0 aromatic heterocycles. The molecule has 106 valence electrons. The number of fused-ring (bicyclic) bond motifs is 3. The molecule has 0 amide bonds. The van der Waals surface area contributed by atoms with Gasteiger partial charge in [-0.2, -0.15) is 0 Å². The van der Waals surface area contributed by atoms with Crippen molar-refractivity contribution in [1.82, 2.24) is 0 Å². The van der Waals surface area contributed by atoms with Crippen LogP contribution in [-0.4, -0.2) is 0 Å². The molecule has 4 aromatic rings. The first-order chi connectivity index (χ1) is 10.7. The third-order valence-electron chi connectivity index (χ3n) is 4.38. The molecule has 0 spiro atoms. The molecule has 0 radical (unpaired) electrons. The van der Waals surface area contributed by atoms with E-state index in [9.17, 15) is 0 Å². The summed E-state index contributed by atoms with van der Waals surface area (Å²) in [7, 11) is 0. The Morgan fingerprint density at radius 1 is 0.636 bits per heavy atom. The minimum Gasteiger partial charge on any atom is -0.0622 e. The monoisotopic (exact) mass is 282 g/mol. The number of hydrogen-bond donors (Lipinski definition) is 0. The minimum atomic E-state index is 1.28. The lowest BCUT2D eigenvalue weighted by Crippen LogP contribution is -1.89. The van der Waals surface area contributed by atoms with Crippen molar-refractivity contribution in [2.24, 2.45) is 0 Å². The van der Waals surface area contributed by atoms with E-state index in [2.05, 4.69) is 86.6 Å². The fourth-order valence-corrected chi connectivity index (χ4v) is 3.48. The van der Waals surface area contributed by atoms with Gasteiger partial charge in [-0.1, -0.05) is 72.3 Å². The molecule has 4 aromatic carbocycles. The van der Waals surface area contributed by atoms with Gasteiger partial charge in [-0.25, -0.2) is 0 Å². The molecule has 22 heavy (non-hydrogen) atoms. The molecule has 0 aliphatic heterocycles. The van der Waals surface area contributed by atoms with E-state index in [0.29, 0.717) is 0 Å². The molecule has 0 heteroatoms. The van der Waals surface area contributed by atoms with Gasteiger partial charge in [0.2, 0.25) is 0 Å².